The van der Waals surface area contributed by atoms with E-state index in [1.165, 1.54) is 6.07 Å². The second-order valence-electron chi connectivity index (χ2n) is 4.91. The number of rotatable bonds is 6. The minimum Gasteiger partial charge on any atom is -0.484 e. The van der Waals surface area contributed by atoms with Crippen molar-refractivity contribution in [2.24, 2.45) is 0 Å². The molecule has 0 bridgehead atoms. The zero-order valence-electron chi connectivity index (χ0n) is 11.8. The summed E-state index contributed by atoms with van der Waals surface area (Å²) in [7, 11) is 0. The Balaban J connectivity index is 1.95. The van der Waals surface area contributed by atoms with Gasteiger partial charge in [-0.15, -0.1) is 0 Å². The van der Waals surface area contributed by atoms with E-state index in [2.05, 4.69) is 24.1 Å². The number of ether oxygens (including phenoxy) is 1. The van der Waals surface area contributed by atoms with Gasteiger partial charge in [-0.2, -0.15) is 0 Å². The third-order valence-corrected chi connectivity index (χ3v) is 2.81. The van der Waals surface area contributed by atoms with Gasteiger partial charge in [-0.1, -0.05) is 26.0 Å². The van der Waals surface area contributed by atoms with Crippen LogP contribution in [-0.2, 0) is 13.2 Å². The molecule has 0 aliphatic heterocycles. The van der Waals surface area contributed by atoms with Crippen molar-refractivity contribution < 1.29 is 9.13 Å². The highest BCUT2D eigenvalue weighted by atomic mass is 19.1. The van der Waals surface area contributed by atoms with Gasteiger partial charge in [0.05, 0.1) is 5.69 Å². The Morgan fingerprint density at radius 1 is 1.25 bits per heavy atom. The van der Waals surface area contributed by atoms with E-state index in [0.717, 1.165) is 11.3 Å². The van der Waals surface area contributed by atoms with Crippen molar-refractivity contribution in [2.45, 2.75) is 33.0 Å². The summed E-state index contributed by atoms with van der Waals surface area (Å²) in [6, 6.07) is 11.0. The molecule has 0 fully saturated rings. The second kappa shape index (κ2) is 7.01. The van der Waals surface area contributed by atoms with Crippen LogP contribution in [0.4, 0.5) is 4.39 Å². The molecule has 0 saturated carbocycles. The van der Waals surface area contributed by atoms with Crippen LogP contribution in [0.1, 0.15) is 25.1 Å². The number of hydrogen-bond acceptors (Lipinski definition) is 3. The van der Waals surface area contributed by atoms with Crippen LogP contribution in [0, 0.1) is 5.82 Å². The van der Waals surface area contributed by atoms with Crippen molar-refractivity contribution in [1.82, 2.24) is 10.3 Å². The van der Waals surface area contributed by atoms with Crippen molar-refractivity contribution in [3.63, 3.8) is 0 Å². The Morgan fingerprint density at radius 3 is 2.75 bits per heavy atom. The predicted octanol–water partition coefficient (Wildman–Crippen LogP) is 3.30. The number of hydrogen-bond donors (Lipinski definition) is 1. The molecule has 2 rings (SSSR count). The van der Waals surface area contributed by atoms with Gasteiger partial charge in [0.2, 0.25) is 0 Å². The van der Waals surface area contributed by atoms with Gasteiger partial charge in [-0.25, -0.2) is 4.39 Å². The minimum absolute atomic E-state index is 0.254. The van der Waals surface area contributed by atoms with E-state index in [9.17, 15) is 4.39 Å². The molecule has 0 atom stereocenters. The van der Waals surface area contributed by atoms with Gasteiger partial charge in [-0.3, -0.25) is 4.98 Å². The Morgan fingerprint density at radius 2 is 2.10 bits per heavy atom. The van der Waals surface area contributed by atoms with Gasteiger partial charge < -0.3 is 10.1 Å². The fraction of sp³-hybridized carbons (Fsp3) is 0.312. The maximum absolute atomic E-state index is 13.9. The number of pyridine rings is 1. The molecule has 2 aromatic rings. The summed E-state index contributed by atoms with van der Waals surface area (Å²) in [5, 5.41) is 3.25. The molecule has 0 amide bonds. The molecule has 0 saturated heterocycles. The van der Waals surface area contributed by atoms with Gasteiger partial charge in [0.25, 0.3) is 0 Å². The number of halogens is 1. The van der Waals surface area contributed by atoms with Gasteiger partial charge in [0.1, 0.15) is 6.61 Å². The van der Waals surface area contributed by atoms with Crippen molar-refractivity contribution in [3.05, 3.63) is 59.7 Å². The highest BCUT2D eigenvalue weighted by Gasteiger charge is 2.06. The van der Waals surface area contributed by atoms with Gasteiger partial charge >= 0.3 is 0 Å². The van der Waals surface area contributed by atoms with Crippen LogP contribution in [0.15, 0.2) is 42.6 Å². The first kappa shape index (κ1) is 14.5. The van der Waals surface area contributed by atoms with Crippen molar-refractivity contribution in [3.8, 4) is 5.75 Å². The van der Waals surface area contributed by atoms with Crippen LogP contribution < -0.4 is 10.1 Å². The third kappa shape index (κ3) is 4.31. The smallest absolute Gasteiger partial charge is 0.165 e. The summed E-state index contributed by atoms with van der Waals surface area (Å²) in [5.74, 6) is -0.0899. The molecule has 1 heterocycles. The summed E-state index contributed by atoms with van der Waals surface area (Å²) in [6.07, 6.45) is 1.69. The molecule has 3 nitrogen and oxygen atoms in total. The lowest BCUT2D eigenvalue weighted by atomic mass is 10.2. The molecule has 0 spiro atoms. The van der Waals surface area contributed by atoms with Crippen LogP contribution in [0.25, 0.3) is 0 Å². The van der Waals surface area contributed by atoms with Crippen LogP contribution >= 0.6 is 0 Å². The quantitative estimate of drug-likeness (QED) is 0.877. The lowest BCUT2D eigenvalue weighted by Gasteiger charge is -2.10. The topological polar surface area (TPSA) is 34.1 Å². The predicted molar refractivity (Wildman–Crippen MR) is 76.9 cm³/mol. The molecular weight excluding hydrogens is 255 g/mol. The first-order valence-electron chi connectivity index (χ1n) is 6.69. The zero-order chi connectivity index (χ0) is 14.4. The Kier molecular flexibility index (Phi) is 5.07. The van der Waals surface area contributed by atoms with Crippen molar-refractivity contribution in [2.75, 3.05) is 0 Å². The lowest BCUT2D eigenvalue weighted by Crippen LogP contribution is -2.21. The molecular formula is C16H19FN2O. The van der Waals surface area contributed by atoms with E-state index in [0.29, 0.717) is 12.6 Å². The summed E-state index contributed by atoms with van der Waals surface area (Å²) < 4.78 is 19.3. The van der Waals surface area contributed by atoms with E-state index in [1.54, 1.807) is 12.3 Å². The normalized spacial score (nSPS) is 10.8. The lowest BCUT2D eigenvalue weighted by molar-refractivity contribution is 0.285. The first-order valence-corrected chi connectivity index (χ1v) is 6.69. The standard InChI is InChI=1S/C16H19FN2O/c1-12(2)19-10-13-6-7-16(15(17)9-13)20-11-14-5-3-4-8-18-14/h3-9,12,19H,10-11H2,1-2H3. The molecule has 0 aliphatic carbocycles. The zero-order valence-corrected chi connectivity index (χ0v) is 11.8. The fourth-order valence-electron chi connectivity index (χ4n) is 1.73. The molecule has 0 radical (unpaired) electrons. The van der Waals surface area contributed by atoms with E-state index >= 15 is 0 Å². The molecule has 0 unspecified atom stereocenters. The van der Waals surface area contributed by atoms with E-state index in [1.807, 2.05) is 24.3 Å². The molecule has 106 valence electrons. The summed E-state index contributed by atoms with van der Waals surface area (Å²) >= 11 is 0. The average Bonchev–Trinajstić information content (AvgIpc) is 2.45. The van der Waals surface area contributed by atoms with Crippen molar-refractivity contribution in [1.29, 1.82) is 0 Å². The summed E-state index contributed by atoms with van der Waals surface area (Å²) in [4.78, 5) is 4.13. The Hall–Kier alpha value is -1.94. The highest BCUT2D eigenvalue weighted by Crippen LogP contribution is 2.19. The van der Waals surface area contributed by atoms with Gasteiger partial charge in [0, 0.05) is 18.8 Å². The monoisotopic (exact) mass is 274 g/mol. The van der Waals surface area contributed by atoms with E-state index in [-0.39, 0.29) is 18.2 Å². The molecule has 4 heteroatoms. The Bertz CT molecular complexity index is 543. The van der Waals surface area contributed by atoms with Gasteiger partial charge in [-0.05, 0) is 29.8 Å². The van der Waals surface area contributed by atoms with Crippen LogP contribution in [0.5, 0.6) is 5.75 Å². The van der Waals surface area contributed by atoms with Crippen LogP contribution in [0.2, 0.25) is 0 Å². The minimum atomic E-state index is -0.344. The number of nitrogens with one attached hydrogen (secondary N) is 1. The molecule has 20 heavy (non-hydrogen) atoms. The number of benzene rings is 1. The third-order valence-electron chi connectivity index (χ3n) is 2.81. The second-order valence-corrected chi connectivity index (χ2v) is 4.91. The van der Waals surface area contributed by atoms with Gasteiger partial charge in [0.15, 0.2) is 11.6 Å². The highest BCUT2D eigenvalue weighted by molar-refractivity contribution is 5.29. The average molecular weight is 274 g/mol. The van der Waals surface area contributed by atoms with Crippen molar-refractivity contribution >= 4 is 0 Å². The van der Waals surface area contributed by atoms with E-state index in [4.69, 9.17) is 4.74 Å². The SMILES string of the molecule is CC(C)NCc1ccc(OCc2ccccn2)c(F)c1. The summed E-state index contributed by atoms with van der Waals surface area (Å²) in [5.41, 5.74) is 1.68. The molecule has 1 aromatic carbocycles. The summed E-state index contributed by atoms with van der Waals surface area (Å²) in [6.45, 7) is 5.03. The Labute approximate surface area is 118 Å². The van der Waals surface area contributed by atoms with E-state index < -0.39 is 0 Å². The van der Waals surface area contributed by atoms with Crippen LogP contribution in [-0.4, -0.2) is 11.0 Å². The first-order chi connectivity index (χ1) is 9.65. The largest absolute Gasteiger partial charge is 0.484 e. The number of nitrogens with zero attached hydrogens (tertiary/aromatic N) is 1. The van der Waals surface area contributed by atoms with Crippen LogP contribution in [0.3, 0.4) is 0 Å². The molecule has 1 N–H and O–H groups in total. The molecule has 0 aliphatic rings. The fourth-order valence-corrected chi connectivity index (χ4v) is 1.73. The molecule has 1 aromatic heterocycles. The maximum atomic E-state index is 13.9. The maximum Gasteiger partial charge on any atom is 0.165 e. The number of aromatic nitrogens is 1.